The second kappa shape index (κ2) is 10.0. The number of Topliss-reactive ketones (excluding diaryl/α,β-unsaturated/α-hetero) is 1. The number of hydrogen-bond acceptors (Lipinski definition) is 7. The lowest BCUT2D eigenvalue weighted by atomic mass is 9.43. The highest BCUT2D eigenvalue weighted by molar-refractivity contribution is 8.01. The number of nitrogens with zero attached hydrogens (tertiary/aromatic N) is 3. The van der Waals surface area contributed by atoms with Crippen molar-refractivity contribution in [1.29, 1.82) is 0 Å². The number of hydrogen-bond donors (Lipinski definition) is 0. The van der Waals surface area contributed by atoms with Crippen molar-refractivity contribution in [3.8, 4) is 5.75 Å². The maximum Gasteiger partial charge on any atom is 0.472 e. The van der Waals surface area contributed by atoms with Gasteiger partial charge in [-0.2, -0.15) is 0 Å². The molecular formula is C28H40BN3O4S. The van der Waals surface area contributed by atoms with Gasteiger partial charge in [0.1, 0.15) is 12.1 Å². The molecule has 0 spiro atoms. The molecule has 6 rings (SSSR count). The summed E-state index contributed by atoms with van der Waals surface area (Å²) in [6.45, 7) is 13.7. The molecule has 2 bridgehead atoms. The summed E-state index contributed by atoms with van der Waals surface area (Å²) >= 11 is 1.68. The summed E-state index contributed by atoms with van der Waals surface area (Å²) in [4.78, 5) is 12.5. The van der Waals surface area contributed by atoms with Gasteiger partial charge in [0.2, 0.25) is 0 Å². The highest BCUT2D eigenvalue weighted by Crippen LogP contribution is 2.66. The fraction of sp³-hybridized carbons (Fsp3) is 0.679. The van der Waals surface area contributed by atoms with Crippen LogP contribution in [0.4, 0.5) is 0 Å². The summed E-state index contributed by atoms with van der Waals surface area (Å²) < 4.78 is 21.3. The number of thioether (sulfide) groups is 1. The number of benzene rings is 1. The molecule has 1 aromatic carbocycles. The second-order valence-electron chi connectivity index (χ2n) is 11.8. The Morgan fingerprint density at radius 1 is 1.32 bits per heavy atom. The predicted octanol–water partition coefficient (Wildman–Crippen LogP) is 5.57. The van der Waals surface area contributed by atoms with Crippen LogP contribution in [0.3, 0.4) is 0 Å². The Balaban J connectivity index is 1.46. The van der Waals surface area contributed by atoms with Crippen LogP contribution in [-0.4, -0.2) is 51.6 Å². The van der Waals surface area contributed by atoms with Crippen LogP contribution in [0.1, 0.15) is 81.8 Å². The van der Waals surface area contributed by atoms with Gasteiger partial charge in [-0.25, -0.2) is 0 Å². The summed E-state index contributed by atoms with van der Waals surface area (Å²) in [7, 11) is 1.24. The lowest BCUT2D eigenvalue weighted by Gasteiger charge is -2.64. The monoisotopic (exact) mass is 525 g/mol. The molecule has 3 unspecified atom stereocenters. The topological polar surface area (TPSA) is 75.5 Å². The van der Waals surface area contributed by atoms with Crippen molar-refractivity contribution in [2.45, 2.75) is 102 Å². The molecule has 2 heterocycles. The number of aryl methyl sites for hydroxylation is 1. The minimum Gasteiger partial charge on any atom is -0.496 e. The molecule has 3 aliphatic carbocycles. The summed E-state index contributed by atoms with van der Waals surface area (Å²) in [5, 5.41) is 9.52. The lowest BCUT2D eigenvalue weighted by Crippen LogP contribution is -2.65. The van der Waals surface area contributed by atoms with E-state index in [0.29, 0.717) is 29.6 Å². The molecule has 2 aromatic rings. The van der Waals surface area contributed by atoms with Gasteiger partial charge < -0.3 is 18.6 Å². The standard InChI is InChI=1S/C28H40BN3O4S/c1-8-9-12-32-16-30-31-26(32)37-24(13-19-10-11-21(34-7)25(17(19)2)18(3)33)29-35-23-15-20-14-22(27(20,4)5)28(23,6)36-29/h10-11,16,20,22-24H,8-9,12-15H2,1-7H3/t20?,22?,23?,24-,28-/m0/s1. The second-order valence-corrected chi connectivity index (χ2v) is 13.0. The molecule has 5 atom stereocenters. The molecule has 7 nitrogen and oxygen atoms in total. The van der Waals surface area contributed by atoms with E-state index in [4.69, 9.17) is 14.0 Å². The first-order valence-corrected chi connectivity index (χ1v) is 14.5. The van der Waals surface area contributed by atoms with Crippen LogP contribution >= 0.6 is 11.8 Å². The third-order valence-electron chi connectivity index (χ3n) is 9.39. The van der Waals surface area contributed by atoms with E-state index in [1.54, 1.807) is 25.8 Å². The Morgan fingerprint density at radius 2 is 2.11 bits per heavy atom. The quantitative estimate of drug-likeness (QED) is 0.228. The first-order chi connectivity index (χ1) is 17.6. The SMILES string of the molecule is CCCCn1cnnc1S[C@@H](Cc1ccc(OC)c(C(C)=O)c1C)B1OC2CC3CC(C3(C)C)[C@]2(C)O1. The molecular weight excluding hydrogens is 485 g/mol. The number of carbonyl (C=O) groups is 1. The minimum absolute atomic E-state index is 0.00798. The Hall–Kier alpha value is -1.84. The Kier molecular flexibility index (Phi) is 7.26. The molecule has 0 amide bonds. The third-order valence-corrected chi connectivity index (χ3v) is 10.6. The van der Waals surface area contributed by atoms with Crippen molar-refractivity contribution in [3.05, 3.63) is 35.2 Å². The molecule has 200 valence electrons. The molecule has 0 N–H and O–H groups in total. The van der Waals surface area contributed by atoms with Crippen molar-refractivity contribution in [1.82, 2.24) is 14.8 Å². The molecule has 37 heavy (non-hydrogen) atoms. The van der Waals surface area contributed by atoms with Crippen LogP contribution in [0.25, 0.3) is 0 Å². The van der Waals surface area contributed by atoms with Crippen LogP contribution in [-0.2, 0) is 22.3 Å². The molecule has 3 saturated carbocycles. The van der Waals surface area contributed by atoms with Crippen LogP contribution in [0.2, 0.25) is 0 Å². The molecule has 9 heteroatoms. The molecule has 1 saturated heterocycles. The van der Waals surface area contributed by atoms with Gasteiger partial charge in [-0.05, 0) is 80.9 Å². The average Bonchev–Trinajstić information content (AvgIpc) is 3.45. The fourth-order valence-corrected chi connectivity index (χ4v) is 8.11. The molecule has 1 aromatic heterocycles. The smallest absolute Gasteiger partial charge is 0.472 e. The van der Waals surface area contributed by atoms with E-state index in [-0.39, 0.29) is 35.2 Å². The van der Waals surface area contributed by atoms with E-state index in [9.17, 15) is 4.79 Å². The van der Waals surface area contributed by atoms with Gasteiger partial charge in [0.15, 0.2) is 10.9 Å². The van der Waals surface area contributed by atoms with E-state index in [0.717, 1.165) is 42.1 Å². The number of rotatable bonds is 10. The minimum atomic E-state index is -0.367. The Morgan fingerprint density at radius 3 is 2.78 bits per heavy atom. The molecule has 4 fully saturated rings. The van der Waals surface area contributed by atoms with Gasteiger partial charge in [0.05, 0.1) is 29.5 Å². The zero-order chi connectivity index (χ0) is 26.5. The van der Waals surface area contributed by atoms with Crippen molar-refractivity contribution in [2.24, 2.45) is 17.3 Å². The van der Waals surface area contributed by atoms with Crippen molar-refractivity contribution < 1.29 is 18.8 Å². The molecule has 4 aliphatic rings. The number of carbonyl (C=O) groups excluding carboxylic acids is 1. The highest BCUT2D eigenvalue weighted by Gasteiger charge is 2.68. The van der Waals surface area contributed by atoms with Gasteiger partial charge in [0.25, 0.3) is 0 Å². The van der Waals surface area contributed by atoms with E-state index in [2.05, 4.69) is 48.5 Å². The van der Waals surface area contributed by atoms with Crippen LogP contribution < -0.4 is 4.74 Å². The van der Waals surface area contributed by atoms with Gasteiger partial charge in [-0.15, -0.1) is 10.2 Å². The molecule has 1 aliphatic heterocycles. The van der Waals surface area contributed by atoms with Gasteiger partial charge in [-0.3, -0.25) is 4.79 Å². The first-order valence-electron chi connectivity index (χ1n) is 13.6. The zero-order valence-corrected chi connectivity index (χ0v) is 24.1. The van der Waals surface area contributed by atoms with Gasteiger partial charge in [0, 0.05) is 6.54 Å². The van der Waals surface area contributed by atoms with Crippen LogP contribution in [0.5, 0.6) is 5.75 Å². The normalized spacial score (nSPS) is 28.5. The summed E-state index contributed by atoms with van der Waals surface area (Å²) in [5.74, 6) is 1.82. The van der Waals surface area contributed by atoms with E-state index >= 15 is 0 Å². The third kappa shape index (κ3) is 4.55. The van der Waals surface area contributed by atoms with E-state index in [1.165, 1.54) is 6.42 Å². The number of methoxy groups -OCH3 is 1. The maximum absolute atomic E-state index is 12.5. The number of aromatic nitrogens is 3. The van der Waals surface area contributed by atoms with Crippen molar-refractivity contribution >= 4 is 24.7 Å². The van der Waals surface area contributed by atoms with Crippen LogP contribution in [0.15, 0.2) is 23.6 Å². The average molecular weight is 526 g/mol. The number of ether oxygens (including phenoxy) is 1. The number of ketones is 1. The highest BCUT2D eigenvalue weighted by atomic mass is 32.2. The summed E-state index contributed by atoms with van der Waals surface area (Å²) in [6, 6.07) is 3.97. The summed E-state index contributed by atoms with van der Waals surface area (Å²) in [5.41, 5.74) is 2.70. The van der Waals surface area contributed by atoms with Crippen LogP contribution in [0, 0.1) is 24.2 Å². The maximum atomic E-state index is 12.5. The number of unbranched alkanes of at least 4 members (excludes halogenated alkanes) is 1. The lowest BCUT2D eigenvalue weighted by molar-refractivity contribution is -0.199. The summed E-state index contributed by atoms with van der Waals surface area (Å²) in [6.07, 6.45) is 7.07. The van der Waals surface area contributed by atoms with Gasteiger partial charge in [-0.1, -0.05) is 45.0 Å². The largest absolute Gasteiger partial charge is 0.496 e. The van der Waals surface area contributed by atoms with Crippen molar-refractivity contribution in [2.75, 3.05) is 7.11 Å². The first kappa shape index (κ1) is 26.8. The van der Waals surface area contributed by atoms with E-state index in [1.807, 2.05) is 19.3 Å². The molecule has 0 radical (unpaired) electrons. The Labute approximate surface area is 225 Å². The van der Waals surface area contributed by atoms with Gasteiger partial charge >= 0.3 is 7.12 Å². The Bertz CT molecular complexity index is 1170. The fourth-order valence-electron chi connectivity index (χ4n) is 6.98. The van der Waals surface area contributed by atoms with Crippen molar-refractivity contribution in [3.63, 3.8) is 0 Å². The zero-order valence-electron chi connectivity index (χ0n) is 23.2. The van der Waals surface area contributed by atoms with E-state index < -0.39 is 0 Å². The predicted molar refractivity (Wildman–Crippen MR) is 146 cm³/mol.